The van der Waals surface area contributed by atoms with Crippen molar-refractivity contribution in [1.82, 2.24) is 14.5 Å². The van der Waals surface area contributed by atoms with Gasteiger partial charge in [-0.2, -0.15) is 4.31 Å². The van der Waals surface area contributed by atoms with Crippen LogP contribution >= 0.6 is 11.8 Å². The molecule has 2 aromatic carbocycles. The van der Waals surface area contributed by atoms with Gasteiger partial charge in [0.05, 0.1) is 18.1 Å². The van der Waals surface area contributed by atoms with Crippen LogP contribution in [0.4, 0.5) is 6.01 Å². The van der Waals surface area contributed by atoms with Gasteiger partial charge in [-0.1, -0.05) is 5.10 Å². The van der Waals surface area contributed by atoms with Crippen LogP contribution in [0.15, 0.2) is 62.7 Å². The fourth-order valence-corrected chi connectivity index (χ4v) is 4.82. The molecule has 1 N–H and O–H groups in total. The molecule has 1 aliphatic rings. The molecule has 1 aromatic heterocycles. The topological polar surface area (TPSA) is 115 Å². The number of morpholine rings is 1. The molecule has 0 spiro atoms. The summed E-state index contributed by atoms with van der Waals surface area (Å²) in [6.45, 7) is 1.36. The summed E-state index contributed by atoms with van der Waals surface area (Å²) in [5, 5.41) is 10.3. The molecule has 0 aliphatic carbocycles. The maximum atomic E-state index is 12.7. The fourth-order valence-electron chi connectivity index (χ4n) is 3.01. The smallest absolute Gasteiger partial charge is 0.322 e. The van der Waals surface area contributed by atoms with Crippen molar-refractivity contribution in [2.75, 3.05) is 37.9 Å². The number of carbonyl (C=O) groups is 1. The Kier molecular flexibility index (Phi) is 6.37. The molecule has 0 saturated carbocycles. The Hall–Kier alpha value is -2.73. The number of benzene rings is 2. The molecule has 162 valence electrons. The molecule has 2 heterocycles. The predicted molar refractivity (Wildman–Crippen MR) is 115 cm³/mol. The van der Waals surface area contributed by atoms with Gasteiger partial charge in [0, 0.05) is 29.1 Å². The van der Waals surface area contributed by atoms with E-state index in [2.05, 4.69) is 15.5 Å². The quantitative estimate of drug-likeness (QED) is 0.559. The molecule has 3 aromatic rings. The number of amides is 1. The highest BCUT2D eigenvalue weighted by atomic mass is 32.2. The molecule has 1 aliphatic heterocycles. The second-order valence-electron chi connectivity index (χ2n) is 6.64. The lowest BCUT2D eigenvalue weighted by Crippen LogP contribution is -2.40. The summed E-state index contributed by atoms with van der Waals surface area (Å²) in [5.74, 6) is -0.196. The summed E-state index contributed by atoms with van der Waals surface area (Å²) in [6.07, 6.45) is 1.99. The van der Waals surface area contributed by atoms with Crippen molar-refractivity contribution in [3.05, 3.63) is 54.1 Å². The monoisotopic (exact) mass is 460 g/mol. The number of hydrogen-bond donors (Lipinski definition) is 1. The third-order valence-corrected chi connectivity index (χ3v) is 7.36. The van der Waals surface area contributed by atoms with Gasteiger partial charge in [0.1, 0.15) is 0 Å². The number of anilines is 1. The summed E-state index contributed by atoms with van der Waals surface area (Å²) < 4.78 is 37.4. The van der Waals surface area contributed by atoms with E-state index in [1.165, 1.54) is 28.6 Å². The molecule has 9 nitrogen and oxygen atoms in total. The first-order chi connectivity index (χ1) is 15.0. The second-order valence-corrected chi connectivity index (χ2v) is 9.45. The Morgan fingerprint density at radius 3 is 2.35 bits per heavy atom. The average molecular weight is 461 g/mol. The molecule has 1 fully saturated rings. The number of thioether (sulfide) groups is 1. The molecule has 0 unspecified atom stereocenters. The Bertz CT molecular complexity index is 1160. The van der Waals surface area contributed by atoms with Gasteiger partial charge in [-0.05, 0) is 54.8 Å². The maximum absolute atomic E-state index is 12.7. The average Bonchev–Trinajstić information content (AvgIpc) is 3.28. The molecule has 0 radical (unpaired) electrons. The normalized spacial score (nSPS) is 15.0. The molecule has 0 atom stereocenters. The highest BCUT2D eigenvalue weighted by molar-refractivity contribution is 7.98. The number of nitrogens with one attached hydrogen (secondary N) is 1. The van der Waals surface area contributed by atoms with Crippen LogP contribution < -0.4 is 5.32 Å². The van der Waals surface area contributed by atoms with Gasteiger partial charge in [0.2, 0.25) is 15.9 Å². The standard InChI is InChI=1S/C20H20N4O5S2/c1-30-16-6-2-15(3-7-16)19-22-23-20(29-19)21-18(25)14-4-8-17(9-5-14)31(26,27)24-10-12-28-13-11-24/h2-9H,10-13H2,1H3,(H,21,23,25). The minimum absolute atomic E-state index is 0.0426. The van der Waals surface area contributed by atoms with Crippen LogP contribution in [0.25, 0.3) is 11.5 Å². The van der Waals surface area contributed by atoms with Crippen LogP contribution in [-0.4, -0.2) is 61.4 Å². The molecule has 1 amide bonds. The van der Waals surface area contributed by atoms with Gasteiger partial charge in [0.25, 0.3) is 5.91 Å². The van der Waals surface area contributed by atoms with Gasteiger partial charge < -0.3 is 9.15 Å². The fraction of sp³-hybridized carbons (Fsp3) is 0.250. The molecule has 4 rings (SSSR count). The van der Waals surface area contributed by atoms with Crippen LogP contribution in [0, 0.1) is 0 Å². The highest BCUT2D eigenvalue weighted by Gasteiger charge is 2.26. The highest BCUT2D eigenvalue weighted by Crippen LogP contribution is 2.24. The van der Waals surface area contributed by atoms with E-state index < -0.39 is 15.9 Å². The van der Waals surface area contributed by atoms with E-state index in [-0.39, 0.29) is 22.4 Å². The lowest BCUT2D eigenvalue weighted by atomic mass is 10.2. The van der Waals surface area contributed by atoms with E-state index in [1.54, 1.807) is 11.8 Å². The summed E-state index contributed by atoms with van der Waals surface area (Å²) in [6, 6.07) is 13.3. The van der Waals surface area contributed by atoms with E-state index >= 15 is 0 Å². The van der Waals surface area contributed by atoms with Crippen molar-refractivity contribution in [3.63, 3.8) is 0 Å². The number of hydrogen-bond acceptors (Lipinski definition) is 8. The summed E-state index contributed by atoms with van der Waals surface area (Å²) in [4.78, 5) is 13.7. The zero-order valence-corrected chi connectivity index (χ0v) is 18.3. The Morgan fingerprint density at radius 2 is 1.71 bits per heavy atom. The first kappa shape index (κ1) is 21.5. The van der Waals surface area contributed by atoms with Crippen LogP contribution in [0.1, 0.15) is 10.4 Å². The van der Waals surface area contributed by atoms with Crippen molar-refractivity contribution in [2.45, 2.75) is 9.79 Å². The Morgan fingerprint density at radius 1 is 1.03 bits per heavy atom. The van der Waals surface area contributed by atoms with Gasteiger partial charge in [-0.3, -0.25) is 10.1 Å². The van der Waals surface area contributed by atoms with Gasteiger partial charge in [-0.25, -0.2) is 8.42 Å². The van der Waals surface area contributed by atoms with Crippen LogP contribution in [0.5, 0.6) is 0 Å². The van der Waals surface area contributed by atoms with Crippen LogP contribution in [0.2, 0.25) is 0 Å². The first-order valence-corrected chi connectivity index (χ1v) is 12.1. The van der Waals surface area contributed by atoms with Crippen molar-refractivity contribution in [2.24, 2.45) is 0 Å². The van der Waals surface area contributed by atoms with Crippen LogP contribution in [-0.2, 0) is 14.8 Å². The van der Waals surface area contributed by atoms with E-state index in [9.17, 15) is 13.2 Å². The maximum Gasteiger partial charge on any atom is 0.322 e. The summed E-state index contributed by atoms with van der Waals surface area (Å²) in [7, 11) is -3.62. The molecular weight excluding hydrogens is 440 g/mol. The number of rotatable bonds is 6. The zero-order chi connectivity index (χ0) is 21.8. The number of carbonyl (C=O) groups excluding carboxylic acids is 1. The molecular formula is C20H20N4O5S2. The third-order valence-electron chi connectivity index (χ3n) is 4.71. The van der Waals surface area contributed by atoms with Crippen molar-refractivity contribution in [1.29, 1.82) is 0 Å². The largest absolute Gasteiger partial charge is 0.403 e. The minimum Gasteiger partial charge on any atom is -0.403 e. The third kappa shape index (κ3) is 4.79. The lowest BCUT2D eigenvalue weighted by molar-refractivity contribution is 0.0730. The number of nitrogens with zero attached hydrogens (tertiary/aromatic N) is 3. The lowest BCUT2D eigenvalue weighted by Gasteiger charge is -2.26. The Labute approximate surface area is 183 Å². The predicted octanol–water partition coefficient (Wildman–Crippen LogP) is 2.73. The van der Waals surface area contributed by atoms with Crippen molar-refractivity contribution < 1.29 is 22.4 Å². The molecule has 11 heteroatoms. The molecule has 1 saturated heterocycles. The minimum atomic E-state index is -3.62. The van der Waals surface area contributed by atoms with Crippen molar-refractivity contribution >= 4 is 33.7 Å². The van der Waals surface area contributed by atoms with E-state index in [4.69, 9.17) is 9.15 Å². The van der Waals surface area contributed by atoms with E-state index in [0.29, 0.717) is 26.3 Å². The molecule has 0 bridgehead atoms. The summed E-state index contributed by atoms with van der Waals surface area (Å²) >= 11 is 1.62. The van der Waals surface area contributed by atoms with Gasteiger partial charge in [0.15, 0.2) is 0 Å². The molecule has 31 heavy (non-hydrogen) atoms. The summed E-state index contributed by atoms with van der Waals surface area (Å²) in [5.41, 5.74) is 1.01. The van der Waals surface area contributed by atoms with E-state index in [0.717, 1.165) is 10.5 Å². The number of sulfonamides is 1. The van der Waals surface area contributed by atoms with Gasteiger partial charge in [-0.15, -0.1) is 16.9 Å². The van der Waals surface area contributed by atoms with Crippen molar-refractivity contribution in [3.8, 4) is 11.5 Å². The van der Waals surface area contributed by atoms with E-state index in [1.807, 2.05) is 30.5 Å². The number of aromatic nitrogens is 2. The van der Waals surface area contributed by atoms with Crippen LogP contribution in [0.3, 0.4) is 0 Å². The first-order valence-electron chi connectivity index (χ1n) is 9.44. The zero-order valence-electron chi connectivity index (χ0n) is 16.6. The number of ether oxygens (including phenoxy) is 1. The Balaban J connectivity index is 1.43. The second kappa shape index (κ2) is 9.18. The SMILES string of the molecule is CSc1ccc(-c2nnc(NC(=O)c3ccc(S(=O)(=O)N4CCOCC4)cc3)o2)cc1. The van der Waals surface area contributed by atoms with Gasteiger partial charge >= 0.3 is 6.01 Å².